The topological polar surface area (TPSA) is 61.9 Å². The number of amides is 1. The number of carbonyl (C=O) groups excluding carboxylic acids is 2. The summed E-state index contributed by atoms with van der Waals surface area (Å²) in [5, 5.41) is 3.26. The smallest absolute Gasteiger partial charge is 0.319 e. The van der Waals surface area contributed by atoms with E-state index in [4.69, 9.17) is 0 Å². The van der Waals surface area contributed by atoms with Crippen molar-refractivity contribution in [1.29, 1.82) is 0 Å². The van der Waals surface area contributed by atoms with Gasteiger partial charge in [0.25, 0.3) is 0 Å². The van der Waals surface area contributed by atoms with Crippen molar-refractivity contribution in [3.63, 3.8) is 0 Å². The van der Waals surface area contributed by atoms with Crippen molar-refractivity contribution in [3.8, 4) is 0 Å². The van der Waals surface area contributed by atoms with Gasteiger partial charge in [-0.15, -0.1) is 0 Å². The van der Waals surface area contributed by atoms with Crippen LogP contribution in [-0.4, -0.2) is 74.6 Å². The van der Waals surface area contributed by atoms with Gasteiger partial charge in [0.2, 0.25) is 5.91 Å². The molecule has 19 heavy (non-hydrogen) atoms. The van der Waals surface area contributed by atoms with Crippen LogP contribution in [0.5, 0.6) is 0 Å². The van der Waals surface area contributed by atoms with Gasteiger partial charge in [-0.3, -0.25) is 14.5 Å². The first-order valence-corrected chi connectivity index (χ1v) is 6.84. The van der Waals surface area contributed by atoms with E-state index in [-0.39, 0.29) is 17.3 Å². The zero-order valence-corrected chi connectivity index (χ0v) is 11.8. The summed E-state index contributed by atoms with van der Waals surface area (Å²) in [6.45, 7) is 6.93. The Morgan fingerprint density at radius 3 is 2.47 bits per heavy atom. The molecule has 1 N–H and O–H groups in total. The Morgan fingerprint density at radius 2 is 1.95 bits per heavy atom. The van der Waals surface area contributed by atoms with Crippen LogP contribution in [0.1, 0.15) is 13.3 Å². The molecule has 0 aromatic carbocycles. The normalized spacial score (nSPS) is 28.4. The highest BCUT2D eigenvalue weighted by Gasteiger charge is 2.39. The van der Waals surface area contributed by atoms with Gasteiger partial charge in [0.1, 0.15) is 0 Å². The molecule has 0 aromatic rings. The number of nitrogens with one attached hydrogen (secondary N) is 1. The number of nitrogens with zero attached hydrogens (tertiary/aromatic N) is 2. The SMILES string of the molecule is COC(=O)CN1CCN(C(=O)C2(C)CCNC2)CC1. The van der Waals surface area contributed by atoms with Crippen molar-refractivity contribution in [3.05, 3.63) is 0 Å². The van der Waals surface area contributed by atoms with Crippen LogP contribution in [-0.2, 0) is 14.3 Å². The van der Waals surface area contributed by atoms with E-state index in [0.29, 0.717) is 19.6 Å². The molecule has 2 fully saturated rings. The highest BCUT2D eigenvalue weighted by molar-refractivity contribution is 5.83. The summed E-state index contributed by atoms with van der Waals surface area (Å²) in [5.74, 6) is 0.0296. The number of piperazine rings is 1. The van der Waals surface area contributed by atoms with Gasteiger partial charge in [-0.1, -0.05) is 0 Å². The van der Waals surface area contributed by atoms with Gasteiger partial charge in [0.05, 0.1) is 19.1 Å². The van der Waals surface area contributed by atoms with Gasteiger partial charge < -0.3 is 15.0 Å². The first kappa shape index (κ1) is 14.3. The summed E-state index contributed by atoms with van der Waals surface area (Å²) >= 11 is 0. The molecule has 0 saturated carbocycles. The fraction of sp³-hybridized carbons (Fsp3) is 0.846. The molecule has 108 valence electrons. The van der Waals surface area contributed by atoms with Gasteiger partial charge in [-0.2, -0.15) is 0 Å². The molecule has 0 radical (unpaired) electrons. The third-order valence-electron chi connectivity index (χ3n) is 4.12. The van der Waals surface area contributed by atoms with Crippen LogP contribution in [0.25, 0.3) is 0 Å². The Labute approximate surface area is 114 Å². The van der Waals surface area contributed by atoms with Crippen molar-refractivity contribution in [2.45, 2.75) is 13.3 Å². The van der Waals surface area contributed by atoms with Gasteiger partial charge in [0.15, 0.2) is 0 Å². The van der Waals surface area contributed by atoms with E-state index in [1.807, 2.05) is 16.7 Å². The number of carbonyl (C=O) groups is 2. The molecule has 6 nitrogen and oxygen atoms in total. The standard InChI is InChI=1S/C13H23N3O3/c1-13(3-4-14-10-13)12(18)16-7-5-15(6-8-16)9-11(17)19-2/h14H,3-10H2,1-2H3. The van der Waals surface area contributed by atoms with E-state index in [1.165, 1.54) is 7.11 Å². The molecule has 2 rings (SSSR count). The van der Waals surface area contributed by atoms with Crippen LogP contribution in [0.2, 0.25) is 0 Å². The molecule has 0 aromatic heterocycles. The fourth-order valence-electron chi connectivity index (χ4n) is 2.74. The Balaban J connectivity index is 1.82. The van der Waals surface area contributed by atoms with Gasteiger partial charge in [-0.25, -0.2) is 0 Å². The van der Waals surface area contributed by atoms with Crippen molar-refractivity contribution >= 4 is 11.9 Å². The van der Waals surface area contributed by atoms with Crippen molar-refractivity contribution in [1.82, 2.24) is 15.1 Å². The van der Waals surface area contributed by atoms with E-state index in [1.54, 1.807) is 0 Å². The van der Waals surface area contributed by atoms with Crippen LogP contribution >= 0.6 is 0 Å². The molecule has 1 atom stereocenters. The molecule has 0 aliphatic carbocycles. The van der Waals surface area contributed by atoms with Crippen molar-refractivity contribution in [2.75, 3.05) is 52.9 Å². The number of hydrogen-bond acceptors (Lipinski definition) is 5. The zero-order valence-electron chi connectivity index (χ0n) is 11.8. The third-order valence-corrected chi connectivity index (χ3v) is 4.12. The first-order chi connectivity index (χ1) is 9.05. The molecule has 2 saturated heterocycles. The number of hydrogen-bond donors (Lipinski definition) is 1. The van der Waals surface area contributed by atoms with E-state index in [2.05, 4.69) is 10.1 Å². The average Bonchev–Trinajstić information content (AvgIpc) is 2.87. The van der Waals surface area contributed by atoms with Crippen molar-refractivity contribution < 1.29 is 14.3 Å². The lowest BCUT2D eigenvalue weighted by Gasteiger charge is -2.37. The minimum Gasteiger partial charge on any atom is -0.468 e. The van der Waals surface area contributed by atoms with Gasteiger partial charge in [0, 0.05) is 32.7 Å². The maximum atomic E-state index is 12.5. The number of rotatable bonds is 3. The monoisotopic (exact) mass is 269 g/mol. The second-order valence-electron chi connectivity index (χ2n) is 5.63. The molecule has 2 heterocycles. The number of ether oxygens (including phenoxy) is 1. The summed E-state index contributed by atoms with van der Waals surface area (Å²) in [7, 11) is 1.40. The number of methoxy groups -OCH3 is 1. The molecule has 2 aliphatic rings. The largest absolute Gasteiger partial charge is 0.468 e. The first-order valence-electron chi connectivity index (χ1n) is 6.84. The highest BCUT2D eigenvalue weighted by atomic mass is 16.5. The predicted molar refractivity (Wildman–Crippen MR) is 70.6 cm³/mol. The van der Waals surface area contributed by atoms with Crippen LogP contribution < -0.4 is 5.32 Å². The second-order valence-corrected chi connectivity index (χ2v) is 5.63. The van der Waals surface area contributed by atoms with E-state index < -0.39 is 0 Å². The fourth-order valence-corrected chi connectivity index (χ4v) is 2.74. The molecular weight excluding hydrogens is 246 g/mol. The Morgan fingerprint density at radius 1 is 1.26 bits per heavy atom. The lowest BCUT2D eigenvalue weighted by molar-refractivity contribution is -0.144. The minimum atomic E-state index is -0.246. The molecule has 1 amide bonds. The lowest BCUT2D eigenvalue weighted by Crippen LogP contribution is -2.53. The molecule has 2 aliphatic heterocycles. The van der Waals surface area contributed by atoms with Crippen LogP contribution in [0.3, 0.4) is 0 Å². The maximum absolute atomic E-state index is 12.5. The van der Waals surface area contributed by atoms with Gasteiger partial charge >= 0.3 is 5.97 Å². The summed E-state index contributed by atoms with van der Waals surface area (Å²) in [5.41, 5.74) is -0.246. The van der Waals surface area contributed by atoms with E-state index in [9.17, 15) is 9.59 Å². The maximum Gasteiger partial charge on any atom is 0.319 e. The Kier molecular flexibility index (Phi) is 4.42. The van der Waals surface area contributed by atoms with Crippen molar-refractivity contribution in [2.24, 2.45) is 5.41 Å². The van der Waals surface area contributed by atoms with Crippen LogP contribution in [0, 0.1) is 5.41 Å². The van der Waals surface area contributed by atoms with E-state index in [0.717, 1.165) is 32.6 Å². The Bertz CT molecular complexity index is 345. The van der Waals surface area contributed by atoms with Crippen LogP contribution in [0.4, 0.5) is 0 Å². The summed E-state index contributed by atoms with van der Waals surface area (Å²) in [4.78, 5) is 27.6. The molecule has 0 spiro atoms. The van der Waals surface area contributed by atoms with Crippen LogP contribution in [0.15, 0.2) is 0 Å². The summed E-state index contributed by atoms with van der Waals surface area (Å²) in [6, 6.07) is 0. The third kappa shape index (κ3) is 3.25. The summed E-state index contributed by atoms with van der Waals surface area (Å²) < 4.78 is 4.66. The molecule has 1 unspecified atom stereocenters. The van der Waals surface area contributed by atoms with E-state index >= 15 is 0 Å². The predicted octanol–water partition coefficient (Wildman–Crippen LogP) is -0.697. The molecule has 6 heteroatoms. The zero-order chi connectivity index (χ0) is 13.9. The second kappa shape index (κ2) is 5.88. The number of esters is 1. The quantitative estimate of drug-likeness (QED) is 0.687. The average molecular weight is 269 g/mol. The molecule has 0 bridgehead atoms. The minimum absolute atomic E-state index is 0.216. The highest BCUT2D eigenvalue weighted by Crippen LogP contribution is 2.27. The lowest BCUT2D eigenvalue weighted by atomic mass is 9.88. The molecular formula is C13H23N3O3. The Hall–Kier alpha value is -1.14. The van der Waals surface area contributed by atoms with Gasteiger partial charge in [-0.05, 0) is 19.9 Å². The summed E-state index contributed by atoms with van der Waals surface area (Å²) in [6.07, 6.45) is 0.911.